The molecule has 0 aliphatic heterocycles. The Bertz CT molecular complexity index is 500. The zero-order valence-electron chi connectivity index (χ0n) is 13.3. The highest BCUT2D eigenvalue weighted by Crippen LogP contribution is 2.51. The van der Waals surface area contributed by atoms with E-state index in [1.54, 1.807) is 0 Å². The molecule has 2 heteroatoms. The van der Waals surface area contributed by atoms with Crippen LogP contribution in [0.1, 0.15) is 63.0 Å². The maximum absolute atomic E-state index is 11.6. The molecule has 0 heterocycles. The van der Waals surface area contributed by atoms with E-state index in [4.69, 9.17) is 5.73 Å². The number of benzene rings is 1. The molecule has 2 aliphatic rings. The Hall–Kier alpha value is -0.860. The van der Waals surface area contributed by atoms with Crippen molar-refractivity contribution in [3.63, 3.8) is 0 Å². The summed E-state index contributed by atoms with van der Waals surface area (Å²) in [7, 11) is 0. The summed E-state index contributed by atoms with van der Waals surface area (Å²) in [6.45, 7) is 2.82. The molecule has 3 atom stereocenters. The zero-order chi connectivity index (χ0) is 14.9. The largest absolute Gasteiger partial charge is 0.389 e. The molecule has 21 heavy (non-hydrogen) atoms. The van der Waals surface area contributed by atoms with Crippen LogP contribution in [0.15, 0.2) is 24.3 Å². The number of fused-ring (bicyclic) bond motifs is 1. The van der Waals surface area contributed by atoms with Crippen molar-refractivity contribution in [3.05, 3.63) is 35.4 Å². The summed E-state index contributed by atoms with van der Waals surface area (Å²) in [5, 5.41) is 11.6. The van der Waals surface area contributed by atoms with Crippen molar-refractivity contribution < 1.29 is 5.11 Å². The minimum Gasteiger partial charge on any atom is -0.389 e. The van der Waals surface area contributed by atoms with Gasteiger partial charge in [0.2, 0.25) is 0 Å². The van der Waals surface area contributed by atoms with E-state index >= 15 is 0 Å². The average molecular weight is 287 g/mol. The molecule has 0 bridgehead atoms. The lowest BCUT2D eigenvalue weighted by molar-refractivity contribution is -0.0872. The maximum Gasteiger partial charge on any atom is 0.0758 e. The minimum atomic E-state index is -0.614. The van der Waals surface area contributed by atoms with Gasteiger partial charge in [0.15, 0.2) is 0 Å². The second kappa shape index (κ2) is 5.73. The molecule has 3 unspecified atom stereocenters. The fourth-order valence-electron chi connectivity index (χ4n) is 4.95. The first-order valence-corrected chi connectivity index (χ1v) is 8.66. The van der Waals surface area contributed by atoms with Gasteiger partial charge >= 0.3 is 0 Å². The molecule has 1 aromatic carbocycles. The van der Waals surface area contributed by atoms with E-state index in [1.165, 1.54) is 24.0 Å². The van der Waals surface area contributed by atoms with Gasteiger partial charge in [0, 0.05) is 12.0 Å². The summed E-state index contributed by atoms with van der Waals surface area (Å²) in [5.41, 5.74) is 8.19. The highest BCUT2D eigenvalue weighted by atomic mass is 16.3. The smallest absolute Gasteiger partial charge is 0.0758 e. The summed E-state index contributed by atoms with van der Waals surface area (Å²) < 4.78 is 0. The maximum atomic E-state index is 11.6. The predicted octanol–water partition coefficient (Wildman–Crippen LogP) is 3.55. The van der Waals surface area contributed by atoms with Crippen LogP contribution < -0.4 is 5.73 Å². The van der Waals surface area contributed by atoms with Gasteiger partial charge < -0.3 is 10.8 Å². The Morgan fingerprint density at radius 3 is 2.81 bits per heavy atom. The summed E-state index contributed by atoms with van der Waals surface area (Å²) in [6.07, 6.45) is 8.72. The molecule has 1 fully saturated rings. The third-order valence-electron chi connectivity index (χ3n) is 6.23. The quantitative estimate of drug-likeness (QED) is 0.893. The van der Waals surface area contributed by atoms with Crippen molar-refractivity contribution in [2.45, 2.75) is 69.3 Å². The highest BCUT2D eigenvalue weighted by Gasteiger charge is 2.53. The van der Waals surface area contributed by atoms with Crippen molar-refractivity contribution in [1.29, 1.82) is 0 Å². The number of aliphatic hydroxyl groups is 1. The SMILES string of the molecule is CCC1CCCC(O)(C2(CN)CCCc3ccccc32)C1. The molecule has 3 N–H and O–H groups in total. The van der Waals surface area contributed by atoms with Gasteiger partial charge in [-0.05, 0) is 49.1 Å². The summed E-state index contributed by atoms with van der Waals surface area (Å²) >= 11 is 0. The number of nitrogens with two attached hydrogens (primary N) is 1. The minimum absolute atomic E-state index is 0.227. The van der Waals surface area contributed by atoms with E-state index in [1.807, 2.05) is 0 Å². The van der Waals surface area contributed by atoms with Gasteiger partial charge in [0.25, 0.3) is 0 Å². The van der Waals surface area contributed by atoms with Crippen LogP contribution in [-0.2, 0) is 11.8 Å². The first-order valence-electron chi connectivity index (χ1n) is 8.66. The fourth-order valence-corrected chi connectivity index (χ4v) is 4.95. The Balaban J connectivity index is 2.05. The van der Waals surface area contributed by atoms with Crippen molar-refractivity contribution in [3.8, 4) is 0 Å². The molecule has 0 radical (unpaired) electrons. The van der Waals surface area contributed by atoms with Crippen LogP contribution in [0.5, 0.6) is 0 Å². The predicted molar refractivity (Wildman–Crippen MR) is 87.3 cm³/mol. The number of hydrogen-bond donors (Lipinski definition) is 2. The molecule has 0 saturated heterocycles. The first-order chi connectivity index (χ1) is 10.1. The summed E-state index contributed by atoms with van der Waals surface area (Å²) in [4.78, 5) is 0. The molecule has 0 amide bonds. The number of rotatable bonds is 3. The Kier molecular flexibility index (Phi) is 4.11. The van der Waals surface area contributed by atoms with Crippen LogP contribution >= 0.6 is 0 Å². The van der Waals surface area contributed by atoms with Crippen molar-refractivity contribution in [1.82, 2.24) is 0 Å². The van der Waals surface area contributed by atoms with E-state index in [2.05, 4.69) is 31.2 Å². The lowest BCUT2D eigenvalue weighted by Gasteiger charge is -2.53. The van der Waals surface area contributed by atoms with Gasteiger partial charge in [0.1, 0.15) is 0 Å². The molecule has 1 saturated carbocycles. The Morgan fingerprint density at radius 2 is 2.05 bits per heavy atom. The van der Waals surface area contributed by atoms with Crippen LogP contribution in [-0.4, -0.2) is 17.3 Å². The molecular formula is C19H29NO. The van der Waals surface area contributed by atoms with Crippen LogP contribution in [0.3, 0.4) is 0 Å². The number of aryl methyl sites for hydroxylation is 1. The van der Waals surface area contributed by atoms with E-state index in [9.17, 15) is 5.11 Å². The fraction of sp³-hybridized carbons (Fsp3) is 0.684. The molecular weight excluding hydrogens is 258 g/mol. The normalized spacial score (nSPS) is 36.2. The summed E-state index contributed by atoms with van der Waals surface area (Å²) in [5.74, 6) is 0.654. The van der Waals surface area contributed by atoms with E-state index in [-0.39, 0.29) is 5.41 Å². The molecule has 1 aromatic rings. The molecule has 3 rings (SSSR count). The molecule has 0 spiro atoms. The Labute approximate surface area is 128 Å². The zero-order valence-corrected chi connectivity index (χ0v) is 13.3. The van der Waals surface area contributed by atoms with Crippen molar-refractivity contribution in [2.75, 3.05) is 6.54 Å². The van der Waals surface area contributed by atoms with Gasteiger partial charge in [-0.3, -0.25) is 0 Å². The summed E-state index contributed by atoms with van der Waals surface area (Å²) in [6, 6.07) is 8.67. The Morgan fingerprint density at radius 1 is 1.24 bits per heavy atom. The second-order valence-corrected chi connectivity index (χ2v) is 7.20. The van der Waals surface area contributed by atoms with Crippen LogP contribution in [0.2, 0.25) is 0 Å². The molecule has 2 nitrogen and oxygen atoms in total. The second-order valence-electron chi connectivity index (χ2n) is 7.20. The highest BCUT2D eigenvalue weighted by molar-refractivity contribution is 5.40. The van der Waals surface area contributed by atoms with E-state index in [0.717, 1.165) is 38.5 Å². The van der Waals surface area contributed by atoms with Crippen molar-refractivity contribution in [2.24, 2.45) is 11.7 Å². The molecule has 116 valence electrons. The topological polar surface area (TPSA) is 46.2 Å². The monoisotopic (exact) mass is 287 g/mol. The van der Waals surface area contributed by atoms with Gasteiger partial charge in [-0.1, -0.05) is 50.5 Å². The third-order valence-corrected chi connectivity index (χ3v) is 6.23. The standard InChI is InChI=1S/C19H29NO/c1-2-15-7-5-12-19(21,13-15)18(14-20)11-6-9-16-8-3-4-10-17(16)18/h3-4,8,10,15,21H,2,5-7,9,11-14,20H2,1H3. The van der Waals surface area contributed by atoms with Crippen molar-refractivity contribution >= 4 is 0 Å². The average Bonchev–Trinajstić information content (AvgIpc) is 2.54. The van der Waals surface area contributed by atoms with Gasteiger partial charge in [0.05, 0.1) is 5.60 Å². The third kappa shape index (κ3) is 2.33. The van der Waals surface area contributed by atoms with E-state index in [0.29, 0.717) is 12.5 Å². The van der Waals surface area contributed by atoms with Gasteiger partial charge in [-0.2, -0.15) is 0 Å². The van der Waals surface area contributed by atoms with Gasteiger partial charge in [-0.15, -0.1) is 0 Å². The first kappa shape index (κ1) is 15.1. The number of hydrogen-bond acceptors (Lipinski definition) is 2. The molecule has 2 aliphatic carbocycles. The van der Waals surface area contributed by atoms with Crippen LogP contribution in [0.25, 0.3) is 0 Å². The van der Waals surface area contributed by atoms with Crippen LogP contribution in [0.4, 0.5) is 0 Å². The lowest BCUT2D eigenvalue weighted by atomic mass is 9.55. The van der Waals surface area contributed by atoms with Crippen LogP contribution in [0, 0.1) is 5.92 Å². The van der Waals surface area contributed by atoms with E-state index < -0.39 is 5.60 Å². The lowest BCUT2D eigenvalue weighted by Crippen LogP contribution is -2.59. The molecule has 0 aromatic heterocycles. The van der Waals surface area contributed by atoms with Gasteiger partial charge in [-0.25, -0.2) is 0 Å².